The van der Waals surface area contributed by atoms with Gasteiger partial charge in [-0.3, -0.25) is 4.79 Å². The molecule has 3 nitrogen and oxygen atoms in total. The van der Waals surface area contributed by atoms with Gasteiger partial charge in [0.1, 0.15) is 0 Å². The molecule has 0 amide bonds. The molecule has 0 aliphatic carbocycles. The average molecular weight is 274 g/mol. The second-order valence-electron chi connectivity index (χ2n) is 3.82. The highest BCUT2D eigenvalue weighted by atomic mass is 32.1. The molecule has 0 fully saturated rings. The predicted molar refractivity (Wildman–Crippen MR) is 77.2 cm³/mol. The first kappa shape index (κ1) is 13.4. The van der Waals surface area contributed by atoms with Crippen molar-refractivity contribution in [3.05, 3.63) is 52.2 Å². The van der Waals surface area contributed by atoms with Crippen LogP contribution < -0.4 is 9.47 Å². The minimum Gasteiger partial charge on any atom is -0.493 e. The van der Waals surface area contributed by atoms with E-state index in [4.69, 9.17) is 9.47 Å². The normalized spacial score (nSPS) is 10.6. The van der Waals surface area contributed by atoms with Crippen molar-refractivity contribution in [2.24, 2.45) is 0 Å². The molecule has 19 heavy (non-hydrogen) atoms. The van der Waals surface area contributed by atoms with Gasteiger partial charge in [-0.2, -0.15) is 11.3 Å². The second kappa shape index (κ2) is 6.20. The lowest BCUT2D eigenvalue weighted by Gasteiger charge is -2.07. The van der Waals surface area contributed by atoms with Crippen LogP contribution in [0.4, 0.5) is 0 Å². The van der Waals surface area contributed by atoms with E-state index in [0.717, 1.165) is 5.56 Å². The van der Waals surface area contributed by atoms with Crippen molar-refractivity contribution < 1.29 is 14.3 Å². The number of thiophene rings is 1. The van der Waals surface area contributed by atoms with Crippen molar-refractivity contribution in [3.63, 3.8) is 0 Å². The van der Waals surface area contributed by atoms with E-state index in [1.165, 1.54) is 0 Å². The van der Waals surface area contributed by atoms with Gasteiger partial charge in [0.05, 0.1) is 14.2 Å². The molecule has 1 aromatic carbocycles. The van der Waals surface area contributed by atoms with Gasteiger partial charge in [0.25, 0.3) is 0 Å². The van der Waals surface area contributed by atoms with Crippen LogP contribution in [0.5, 0.6) is 11.5 Å². The zero-order valence-corrected chi connectivity index (χ0v) is 11.6. The van der Waals surface area contributed by atoms with Gasteiger partial charge in [-0.25, -0.2) is 0 Å². The molecule has 1 heterocycles. The Balaban J connectivity index is 2.19. The lowest BCUT2D eigenvalue weighted by Crippen LogP contribution is -1.97. The summed E-state index contributed by atoms with van der Waals surface area (Å²) in [5, 5.41) is 3.96. The summed E-state index contributed by atoms with van der Waals surface area (Å²) in [6, 6.07) is 7.09. The fourth-order valence-corrected chi connectivity index (χ4v) is 2.26. The molecular formula is C15H14O3S. The summed E-state index contributed by atoms with van der Waals surface area (Å²) in [7, 11) is 3.11. The molecule has 2 rings (SSSR count). The van der Waals surface area contributed by atoms with Gasteiger partial charge >= 0.3 is 0 Å². The number of allylic oxidation sites excluding steroid dienone is 1. The number of hydrogen-bond acceptors (Lipinski definition) is 4. The van der Waals surface area contributed by atoms with Crippen LogP contribution in [0.15, 0.2) is 41.1 Å². The molecule has 0 aliphatic heterocycles. The number of carbonyl (C=O) groups is 1. The maximum absolute atomic E-state index is 12.0. The zero-order valence-electron chi connectivity index (χ0n) is 10.8. The quantitative estimate of drug-likeness (QED) is 0.616. The van der Waals surface area contributed by atoms with E-state index in [1.807, 2.05) is 16.8 Å². The Morgan fingerprint density at radius 1 is 1.16 bits per heavy atom. The van der Waals surface area contributed by atoms with Crippen LogP contribution in [0.3, 0.4) is 0 Å². The molecule has 0 N–H and O–H groups in total. The number of ketones is 1. The molecule has 2 aromatic rings. The van der Waals surface area contributed by atoms with E-state index < -0.39 is 0 Å². The van der Waals surface area contributed by atoms with Gasteiger partial charge in [0.15, 0.2) is 17.3 Å². The topological polar surface area (TPSA) is 35.5 Å². The highest BCUT2D eigenvalue weighted by Crippen LogP contribution is 2.27. The zero-order chi connectivity index (χ0) is 13.7. The predicted octanol–water partition coefficient (Wildman–Crippen LogP) is 3.66. The Morgan fingerprint density at radius 2 is 1.95 bits per heavy atom. The fourth-order valence-electron chi connectivity index (χ4n) is 1.63. The van der Waals surface area contributed by atoms with Gasteiger partial charge in [-0.1, -0.05) is 6.08 Å². The highest BCUT2D eigenvalue weighted by Gasteiger charge is 2.08. The Hall–Kier alpha value is -2.07. The number of carbonyl (C=O) groups excluding carboxylic acids is 1. The molecule has 98 valence electrons. The van der Waals surface area contributed by atoms with E-state index in [-0.39, 0.29) is 5.78 Å². The Labute approximate surface area is 116 Å². The van der Waals surface area contributed by atoms with Gasteiger partial charge in [0.2, 0.25) is 0 Å². The van der Waals surface area contributed by atoms with E-state index in [0.29, 0.717) is 17.1 Å². The second-order valence-corrected chi connectivity index (χ2v) is 4.60. The van der Waals surface area contributed by atoms with Crippen molar-refractivity contribution in [1.82, 2.24) is 0 Å². The number of hydrogen-bond donors (Lipinski definition) is 0. The SMILES string of the molecule is COc1ccc(C(=O)C=Cc2ccsc2)cc1OC. The molecule has 0 radical (unpaired) electrons. The summed E-state index contributed by atoms with van der Waals surface area (Å²) in [4.78, 5) is 12.0. The van der Waals surface area contributed by atoms with Crippen LogP contribution >= 0.6 is 11.3 Å². The molecule has 0 unspecified atom stereocenters. The van der Waals surface area contributed by atoms with Crippen LogP contribution in [-0.2, 0) is 0 Å². The number of benzene rings is 1. The van der Waals surface area contributed by atoms with Gasteiger partial charge in [-0.15, -0.1) is 0 Å². The van der Waals surface area contributed by atoms with Crippen molar-refractivity contribution in [1.29, 1.82) is 0 Å². The van der Waals surface area contributed by atoms with Gasteiger partial charge < -0.3 is 9.47 Å². The lowest BCUT2D eigenvalue weighted by molar-refractivity contribution is 0.104. The summed E-state index contributed by atoms with van der Waals surface area (Å²) in [5.74, 6) is 1.10. The Bertz CT molecular complexity index is 585. The molecule has 0 aliphatic rings. The summed E-state index contributed by atoms with van der Waals surface area (Å²) >= 11 is 1.60. The van der Waals surface area contributed by atoms with E-state index in [1.54, 1.807) is 55.9 Å². The van der Waals surface area contributed by atoms with Crippen molar-refractivity contribution in [3.8, 4) is 11.5 Å². The maximum atomic E-state index is 12.0. The van der Waals surface area contributed by atoms with Crippen LogP contribution in [-0.4, -0.2) is 20.0 Å². The van der Waals surface area contributed by atoms with Crippen molar-refractivity contribution >= 4 is 23.2 Å². The minimum atomic E-state index is -0.0628. The van der Waals surface area contributed by atoms with E-state index in [9.17, 15) is 4.79 Å². The fraction of sp³-hybridized carbons (Fsp3) is 0.133. The summed E-state index contributed by atoms with van der Waals surface area (Å²) in [6.45, 7) is 0. The summed E-state index contributed by atoms with van der Waals surface area (Å²) in [5.41, 5.74) is 1.60. The molecule has 1 aromatic heterocycles. The third-order valence-electron chi connectivity index (χ3n) is 2.64. The maximum Gasteiger partial charge on any atom is 0.185 e. The summed E-state index contributed by atoms with van der Waals surface area (Å²) in [6.07, 6.45) is 3.36. The monoisotopic (exact) mass is 274 g/mol. The number of ether oxygens (including phenoxy) is 2. The van der Waals surface area contributed by atoms with Crippen LogP contribution in [0.25, 0.3) is 6.08 Å². The average Bonchev–Trinajstić information content (AvgIpc) is 2.97. The Kier molecular flexibility index (Phi) is 4.36. The third-order valence-corrected chi connectivity index (χ3v) is 3.34. The van der Waals surface area contributed by atoms with Crippen LogP contribution in [0.2, 0.25) is 0 Å². The molecule has 0 atom stereocenters. The van der Waals surface area contributed by atoms with Crippen LogP contribution in [0, 0.1) is 0 Å². The van der Waals surface area contributed by atoms with Gasteiger partial charge in [-0.05, 0) is 46.7 Å². The molecule has 0 bridgehead atoms. The minimum absolute atomic E-state index is 0.0628. The highest BCUT2D eigenvalue weighted by molar-refractivity contribution is 7.08. The van der Waals surface area contributed by atoms with Gasteiger partial charge in [0, 0.05) is 5.56 Å². The van der Waals surface area contributed by atoms with Crippen molar-refractivity contribution in [2.75, 3.05) is 14.2 Å². The van der Waals surface area contributed by atoms with E-state index >= 15 is 0 Å². The van der Waals surface area contributed by atoms with Crippen LogP contribution in [0.1, 0.15) is 15.9 Å². The van der Waals surface area contributed by atoms with E-state index in [2.05, 4.69) is 0 Å². The Morgan fingerprint density at radius 3 is 2.58 bits per heavy atom. The molecule has 0 saturated carbocycles. The smallest absolute Gasteiger partial charge is 0.185 e. The molecule has 0 spiro atoms. The molecule has 0 saturated heterocycles. The largest absolute Gasteiger partial charge is 0.493 e. The lowest BCUT2D eigenvalue weighted by atomic mass is 10.1. The first-order valence-corrected chi connectivity index (χ1v) is 6.65. The summed E-state index contributed by atoms with van der Waals surface area (Å²) < 4.78 is 10.3. The molecular weight excluding hydrogens is 260 g/mol. The third kappa shape index (κ3) is 3.23. The number of rotatable bonds is 5. The first-order chi connectivity index (χ1) is 9.24. The number of methoxy groups -OCH3 is 2. The standard InChI is InChI=1S/C15H14O3S/c1-17-14-6-4-12(9-15(14)18-2)13(16)5-3-11-7-8-19-10-11/h3-10H,1-2H3. The van der Waals surface area contributed by atoms with Crippen molar-refractivity contribution in [2.45, 2.75) is 0 Å². The first-order valence-electron chi connectivity index (χ1n) is 5.71. The molecule has 4 heteroatoms.